The number of aliphatic hydroxyl groups is 6. The van der Waals surface area contributed by atoms with Gasteiger partial charge in [-0.3, -0.25) is 0 Å². The van der Waals surface area contributed by atoms with E-state index in [0.29, 0.717) is 0 Å². The average Bonchev–Trinajstić information content (AvgIpc) is 2.73. The number of aliphatic hydroxyl groups excluding tert-OH is 6. The van der Waals surface area contributed by atoms with E-state index in [1.54, 1.807) is 0 Å². The van der Waals surface area contributed by atoms with E-state index in [0.717, 1.165) is 0 Å². The van der Waals surface area contributed by atoms with Crippen LogP contribution in [0, 0.1) is 0 Å². The zero-order valence-corrected chi connectivity index (χ0v) is 16.8. The molecule has 0 spiro atoms. The molecule has 0 amide bonds. The van der Waals surface area contributed by atoms with Gasteiger partial charge in [-0.15, -0.1) is 0 Å². The SMILES string of the molecule is NCC1O[C@@H](OC2C(N)CC(N)[C@H](OC3OCC(O)[C@H](O)[C@H]3O)[C@H]2O)C(N)[C@@H](O)[C@H]1O. The van der Waals surface area contributed by atoms with E-state index >= 15 is 0 Å². The highest BCUT2D eigenvalue weighted by atomic mass is 16.7. The zero-order chi connectivity index (χ0) is 23.0. The van der Waals surface area contributed by atoms with Gasteiger partial charge in [-0.2, -0.15) is 0 Å². The Morgan fingerprint density at radius 3 is 1.90 bits per heavy atom. The third-order valence-corrected chi connectivity index (χ3v) is 6.08. The van der Waals surface area contributed by atoms with Gasteiger partial charge in [0.2, 0.25) is 0 Å². The first-order valence-electron chi connectivity index (χ1n) is 10.2. The molecule has 31 heavy (non-hydrogen) atoms. The molecular formula is C17H34N4O10. The van der Waals surface area contributed by atoms with Crippen molar-refractivity contribution < 1.29 is 49.6 Å². The van der Waals surface area contributed by atoms with Gasteiger partial charge in [0.05, 0.1) is 12.6 Å². The lowest BCUT2D eigenvalue weighted by atomic mass is 9.84. The second kappa shape index (κ2) is 10.1. The van der Waals surface area contributed by atoms with Crippen LogP contribution >= 0.6 is 0 Å². The average molecular weight is 454 g/mol. The minimum atomic E-state index is -1.57. The van der Waals surface area contributed by atoms with Gasteiger partial charge in [-0.05, 0) is 6.42 Å². The van der Waals surface area contributed by atoms with Gasteiger partial charge in [0, 0.05) is 18.6 Å². The molecule has 14 N–H and O–H groups in total. The Morgan fingerprint density at radius 2 is 1.32 bits per heavy atom. The first-order chi connectivity index (χ1) is 14.6. The normalized spacial score (nSPS) is 54.0. The molecule has 7 unspecified atom stereocenters. The third kappa shape index (κ3) is 5.02. The largest absolute Gasteiger partial charge is 0.388 e. The van der Waals surface area contributed by atoms with E-state index in [4.69, 9.17) is 41.9 Å². The number of hydrogen-bond donors (Lipinski definition) is 10. The van der Waals surface area contributed by atoms with Crippen LogP contribution < -0.4 is 22.9 Å². The van der Waals surface area contributed by atoms with Gasteiger partial charge in [-0.1, -0.05) is 0 Å². The summed E-state index contributed by atoms with van der Waals surface area (Å²) < 4.78 is 22.2. The predicted molar refractivity (Wildman–Crippen MR) is 102 cm³/mol. The molecule has 14 atom stereocenters. The van der Waals surface area contributed by atoms with E-state index in [1.807, 2.05) is 0 Å². The van der Waals surface area contributed by atoms with Crippen LogP contribution in [0.1, 0.15) is 6.42 Å². The summed E-state index contributed by atoms with van der Waals surface area (Å²) in [6.45, 7) is -0.391. The molecule has 1 aliphatic carbocycles. The van der Waals surface area contributed by atoms with Gasteiger partial charge in [0.1, 0.15) is 54.9 Å². The quantitative estimate of drug-likeness (QED) is 0.185. The van der Waals surface area contributed by atoms with Crippen molar-refractivity contribution in [1.29, 1.82) is 0 Å². The molecule has 3 aliphatic rings. The molecule has 2 saturated heterocycles. The van der Waals surface area contributed by atoms with E-state index in [1.165, 1.54) is 0 Å². The molecule has 3 rings (SSSR count). The van der Waals surface area contributed by atoms with Crippen molar-refractivity contribution in [3.63, 3.8) is 0 Å². The van der Waals surface area contributed by atoms with Gasteiger partial charge in [0.15, 0.2) is 12.6 Å². The van der Waals surface area contributed by atoms with Crippen LogP contribution in [0.4, 0.5) is 0 Å². The van der Waals surface area contributed by atoms with Crippen LogP contribution in [0.15, 0.2) is 0 Å². The lowest BCUT2D eigenvalue weighted by Crippen LogP contribution is -2.68. The van der Waals surface area contributed by atoms with Crippen LogP contribution in [0.2, 0.25) is 0 Å². The van der Waals surface area contributed by atoms with Crippen LogP contribution in [-0.4, -0.2) is 129 Å². The van der Waals surface area contributed by atoms with Gasteiger partial charge in [-0.25, -0.2) is 0 Å². The van der Waals surface area contributed by atoms with Crippen LogP contribution in [0.25, 0.3) is 0 Å². The lowest BCUT2D eigenvalue weighted by Gasteiger charge is -2.47. The Hall–Kier alpha value is -0.560. The van der Waals surface area contributed by atoms with Gasteiger partial charge < -0.3 is 72.5 Å². The highest BCUT2D eigenvalue weighted by Crippen LogP contribution is 2.30. The molecular weight excluding hydrogens is 420 g/mol. The maximum Gasteiger partial charge on any atom is 0.186 e. The summed E-state index contributed by atoms with van der Waals surface area (Å²) in [4.78, 5) is 0. The second-order valence-corrected chi connectivity index (χ2v) is 8.34. The molecule has 1 saturated carbocycles. The highest BCUT2D eigenvalue weighted by Gasteiger charge is 2.50. The van der Waals surface area contributed by atoms with Gasteiger partial charge in [0.25, 0.3) is 0 Å². The Bertz CT molecular complexity index is 591. The topological polar surface area (TPSA) is 262 Å². The fraction of sp³-hybridized carbons (Fsp3) is 1.00. The monoisotopic (exact) mass is 454 g/mol. The van der Waals surface area contributed by atoms with Crippen molar-refractivity contribution in [3.05, 3.63) is 0 Å². The molecule has 3 fully saturated rings. The number of nitrogens with two attached hydrogens (primary N) is 4. The highest BCUT2D eigenvalue weighted by molar-refractivity contribution is 5.01. The summed E-state index contributed by atoms with van der Waals surface area (Å²) in [5.41, 5.74) is 23.6. The van der Waals surface area contributed by atoms with Gasteiger partial charge >= 0.3 is 0 Å². The van der Waals surface area contributed by atoms with Crippen LogP contribution in [0.3, 0.4) is 0 Å². The molecule has 0 aromatic heterocycles. The predicted octanol–water partition coefficient (Wildman–Crippen LogP) is -6.65. The molecule has 2 heterocycles. The maximum atomic E-state index is 10.9. The summed E-state index contributed by atoms with van der Waals surface area (Å²) in [7, 11) is 0. The Labute approximate surface area is 178 Å². The van der Waals surface area contributed by atoms with Crippen LogP contribution in [0.5, 0.6) is 0 Å². The summed E-state index contributed by atoms with van der Waals surface area (Å²) in [5.74, 6) is 0. The van der Waals surface area contributed by atoms with Crippen molar-refractivity contribution >= 4 is 0 Å². The first-order valence-corrected chi connectivity index (χ1v) is 10.2. The van der Waals surface area contributed by atoms with Crippen molar-refractivity contribution in [2.24, 2.45) is 22.9 Å². The first kappa shape index (κ1) is 25.1. The Morgan fingerprint density at radius 1 is 0.742 bits per heavy atom. The maximum absolute atomic E-state index is 10.9. The Balaban J connectivity index is 1.70. The second-order valence-electron chi connectivity index (χ2n) is 8.34. The standard InChI is InChI=1S/C17H34N4O10/c18-2-7-10(24)11(25)8(21)16(29-7)30-14-4(19)1-5(20)15(13(14)27)31-17-12(26)9(23)6(22)3-28-17/h4-17,22-27H,1-3,18-21H2/t4?,5?,6?,7?,8?,9-,10-,11+,12+,13-,14?,15-,16-,17?/m0/s1. The molecule has 0 bridgehead atoms. The fourth-order valence-corrected chi connectivity index (χ4v) is 4.12. The minimum Gasteiger partial charge on any atom is -0.388 e. The van der Waals surface area contributed by atoms with E-state index in [2.05, 4.69) is 0 Å². The summed E-state index contributed by atoms with van der Waals surface area (Å²) >= 11 is 0. The molecule has 182 valence electrons. The fourth-order valence-electron chi connectivity index (χ4n) is 4.12. The number of rotatable bonds is 5. The molecule has 0 radical (unpaired) electrons. The number of ether oxygens (including phenoxy) is 4. The Kier molecular flexibility index (Phi) is 8.21. The minimum absolute atomic E-state index is 0.105. The van der Waals surface area contributed by atoms with Crippen LogP contribution in [-0.2, 0) is 18.9 Å². The summed E-state index contributed by atoms with van der Waals surface area (Å²) in [5, 5.41) is 60.5. The van der Waals surface area contributed by atoms with E-state index in [9.17, 15) is 30.6 Å². The molecule has 14 nitrogen and oxygen atoms in total. The number of hydrogen-bond acceptors (Lipinski definition) is 14. The van der Waals surface area contributed by atoms with Crippen molar-refractivity contribution in [3.8, 4) is 0 Å². The van der Waals surface area contributed by atoms with Crippen molar-refractivity contribution in [2.75, 3.05) is 13.2 Å². The molecule has 0 aromatic carbocycles. The summed E-state index contributed by atoms with van der Waals surface area (Å²) in [6.07, 6.45) is -14.1. The smallest absolute Gasteiger partial charge is 0.186 e. The lowest BCUT2D eigenvalue weighted by molar-refractivity contribution is -0.315. The molecule has 2 aliphatic heterocycles. The van der Waals surface area contributed by atoms with E-state index in [-0.39, 0.29) is 19.6 Å². The van der Waals surface area contributed by atoms with Crippen molar-refractivity contribution in [2.45, 2.75) is 92.1 Å². The summed E-state index contributed by atoms with van der Waals surface area (Å²) in [6, 6.07) is -2.67. The van der Waals surface area contributed by atoms with E-state index < -0.39 is 85.6 Å². The zero-order valence-electron chi connectivity index (χ0n) is 16.8. The molecule has 0 aromatic rings. The third-order valence-electron chi connectivity index (χ3n) is 6.08. The van der Waals surface area contributed by atoms with Crippen molar-refractivity contribution in [1.82, 2.24) is 0 Å². The molecule has 14 heteroatoms.